The molecule has 4 aromatic rings. The Labute approximate surface area is 278 Å². The third kappa shape index (κ3) is 7.22. The van der Waals surface area contributed by atoms with Gasteiger partial charge in [-0.05, 0) is 43.3 Å². The average molecular weight is 680 g/mol. The first-order valence-corrected chi connectivity index (χ1v) is 15.1. The maximum atomic E-state index is 13.4. The van der Waals surface area contributed by atoms with Gasteiger partial charge >= 0.3 is 23.9 Å². The summed E-state index contributed by atoms with van der Waals surface area (Å²) in [6.45, 7) is 1.06. The zero-order valence-corrected chi connectivity index (χ0v) is 26.3. The number of halogens is 2. The summed E-state index contributed by atoms with van der Waals surface area (Å²) in [5.74, 6) is -3.28. The third-order valence-corrected chi connectivity index (χ3v) is 7.99. The molecule has 0 amide bonds. The van der Waals surface area contributed by atoms with Crippen LogP contribution in [0.5, 0.6) is 0 Å². The number of aldehydes is 1. The van der Waals surface area contributed by atoms with Crippen LogP contribution in [0.25, 0.3) is 0 Å². The number of carbonyl (C=O) groups is 5. The van der Waals surface area contributed by atoms with Crippen LogP contribution in [-0.2, 0) is 23.7 Å². The van der Waals surface area contributed by atoms with Crippen molar-refractivity contribution in [3.05, 3.63) is 129 Å². The van der Waals surface area contributed by atoms with Gasteiger partial charge in [0.15, 0.2) is 24.7 Å². The van der Waals surface area contributed by atoms with Gasteiger partial charge in [0.2, 0.25) is 0 Å². The highest BCUT2D eigenvalue weighted by molar-refractivity contribution is 6.44. The van der Waals surface area contributed by atoms with Gasteiger partial charge in [0, 0.05) is 0 Å². The molecule has 47 heavy (non-hydrogen) atoms. The van der Waals surface area contributed by atoms with E-state index < -0.39 is 55.0 Å². The molecule has 11 nitrogen and oxygen atoms in total. The molecule has 0 bridgehead atoms. The molecule has 0 radical (unpaired) electrons. The highest BCUT2D eigenvalue weighted by Crippen LogP contribution is 2.42. The van der Waals surface area contributed by atoms with Crippen LogP contribution in [0.15, 0.2) is 91.0 Å². The van der Waals surface area contributed by atoms with Crippen LogP contribution in [0.4, 0.5) is 0 Å². The van der Waals surface area contributed by atoms with Gasteiger partial charge in [-0.1, -0.05) is 77.8 Å². The third-order valence-electron chi connectivity index (χ3n) is 7.15. The van der Waals surface area contributed by atoms with E-state index in [1.54, 1.807) is 73.7 Å². The molecule has 1 fully saturated rings. The van der Waals surface area contributed by atoms with Gasteiger partial charge in [0.25, 0.3) is 0 Å². The lowest BCUT2D eigenvalue weighted by molar-refractivity contribution is -0.0622. The van der Waals surface area contributed by atoms with Crippen LogP contribution in [0.1, 0.15) is 65.1 Å². The molecule has 5 rings (SSSR count). The summed E-state index contributed by atoms with van der Waals surface area (Å²) in [6.07, 6.45) is -5.39. The molecule has 4 atom stereocenters. The molecule has 3 aromatic carbocycles. The Morgan fingerprint density at radius 3 is 1.70 bits per heavy atom. The second-order valence-electron chi connectivity index (χ2n) is 10.1. The van der Waals surface area contributed by atoms with Gasteiger partial charge in [-0.2, -0.15) is 0 Å². The summed E-state index contributed by atoms with van der Waals surface area (Å²) in [7, 11) is 0. The van der Waals surface area contributed by atoms with Crippen molar-refractivity contribution in [3.8, 4) is 0 Å². The summed E-state index contributed by atoms with van der Waals surface area (Å²) >= 11 is 13.0. The molecule has 1 aliphatic rings. The predicted octanol–water partition coefficient (Wildman–Crippen LogP) is 5.99. The van der Waals surface area contributed by atoms with Crippen LogP contribution >= 0.6 is 23.2 Å². The quantitative estimate of drug-likeness (QED) is 0.106. The molecule has 0 N–H and O–H groups in total. The van der Waals surface area contributed by atoms with Crippen LogP contribution < -0.4 is 0 Å². The molecule has 1 aromatic heterocycles. The normalized spacial score (nSPS) is 18.6. The minimum atomic E-state index is -1.51. The Bertz CT molecular complexity index is 1760. The fourth-order valence-corrected chi connectivity index (χ4v) is 5.52. The highest BCUT2D eigenvalue weighted by atomic mass is 35.5. The first-order chi connectivity index (χ1) is 22.7. The van der Waals surface area contributed by atoms with Crippen molar-refractivity contribution in [1.82, 2.24) is 4.57 Å². The zero-order chi connectivity index (χ0) is 33.5. The molecule has 1 aliphatic heterocycles. The van der Waals surface area contributed by atoms with E-state index in [-0.39, 0.29) is 44.7 Å². The molecule has 13 heteroatoms. The number of hydrogen-bond acceptors (Lipinski definition) is 10. The first kappa shape index (κ1) is 33.4. The van der Waals surface area contributed by atoms with Crippen molar-refractivity contribution in [3.63, 3.8) is 0 Å². The zero-order valence-electron chi connectivity index (χ0n) is 24.7. The van der Waals surface area contributed by atoms with Crippen molar-refractivity contribution in [1.29, 1.82) is 0 Å². The van der Waals surface area contributed by atoms with Crippen LogP contribution in [0.2, 0.25) is 10.2 Å². The Morgan fingerprint density at radius 1 is 0.723 bits per heavy atom. The molecule has 0 unspecified atom stereocenters. The van der Waals surface area contributed by atoms with E-state index in [1.165, 1.54) is 24.3 Å². The fraction of sp³-hybridized carbons (Fsp3) is 0.206. The summed E-state index contributed by atoms with van der Waals surface area (Å²) in [6, 6.07) is 24.1. The minimum absolute atomic E-state index is 0.0279. The Balaban J connectivity index is 1.59. The van der Waals surface area contributed by atoms with Crippen molar-refractivity contribution in [2.45, 2.75) is 31.5 Å². The summed E-state index contributed by atoms with van der Waals surface area (Å²) in [5.41, 5.74) is -0.127. The Kier molecular flexibility index (Phi) is 10.7. The molecule has 0 spiro atoms. The summed E-state index contributed by atoms with van der Waals surface area (Å²) in [5, 5.41) is -0.640. The Hall–Kier alpha value is -4.97. The molecular weight excluding hydrogens is 653 g/mol. The Morgan fingerprint density at radius 2 is 1.21 bits per heavy atom. The SMILES string of the molecule is CCOC(=O)c1c(Cl)c(Cl)n([C@@H]2O[C@H](COC(=O)c3ccccc3)[C@@H](OC(=O)c3ccccc3)[C@H]2OC(=O)c2ccccc2)c1C=O. The van der Waals surface area contributed by atoms with Crippen molar-refractivity contribution >= 4 is 53.4 Å². The fourth-order valence-electron chi connectivity index (χ4n) is 4.97. The van der Waals surface area contributed by atoms with Crippen LogP contribution in [0.3, 0.4) is 0 Å². The van der Waals surface area contributed by atoms with E-state index >= 15 is 0 Å². The number of esters is 4. The first-order valence-electron chi connectivity index (χ1n) is 14.4. The van der Waals surface area contributed by atoms with Gasteiger partial charge in [-0.25, -0.2) is 19.2 Å². The second-order valence-corrected chi connectivity index (χ2v) is 10.8. The predicted molar refractivity (Wildman–Crippen MR) is 168 cm³/mol. The topological polar surface area (TPSA) is 136 Å². The number of hydrogen-bond donors (Lipinski definition) is 0. The van der Waals surface area contributed by atoms with Crippen molar-refractivity contribution in [2.24, 2.45) is 0 Å². The number of rotatable bonds is 11. The van der Waals surface area contributed by atoms with Gasteiger partial charge in [0.1, 0.15) is 29.1 Å². The van der Waals surface area contributed by atoms with E-state index in [0.29, 0.717) is 6.29 Å². The number of aromatic nitrogens is 1. The number of ether oxygens (including phenoxy) is 5. The monoisotopic (exact) mass is 679 g/mol. The summed E-state index contributed by atoms with van der Waals surface area (Å²) < 4.78 is 29.7. The van der Waals surface area contributed by atoms with Crippen molar-refractivity contribution in [2.75, 3.05) is 13.2 Å². The highest BCUT2D eigenvalue weighted by Gasteiger charge is 2.53. The van der Waals surface area contributed by atoms with Gasteiger partial charge in [-0.15, -0.1) is 0 Å². The molecule has 2 heterocycles. The smallest absolute Gasteiger partial charge is 0.342 e. The van der Waals surface area contributed by atoms with E-state index in [2.05, 4.69) is 0 Å². The number of benzene rings is 3. The van der Waals surface area contributed by atoms with E-state index in [4.69, 9.17) is 46.9 Å². The lowest BCUT2D eigenvalue weighted by Crippen LogP contribution is -2.41. The van der Waals surface area contributed by atoms with Crippen molar-refractivity contribution < 1.29 is 47.7 Å². The second kappa shape index (κ2) is 15.1. The molecule has 0 saturated carbocycles. The molecule has 0 aliphatic carbocycles. The molecule has 1 saturated heterocycles. The van der Waals surface area contributed by atoms with E-state index in [9.17, 15) is 24.0 Å². The number of carbonyl (C=O) groups excluding carboxylic acids is 5. The average Bonchev–Trinajstić information content (AvgIpc) is 3.56. The van der Waals surface area contributed by atoms with Gasteiger partial charge in [-0.3, -0.25) is 9.36 Å². The van der Waals surface area contributed by atoms with Gasteiger partial charge in [0.05, 0.1) is 28.3 Å². The summed E-state index contributed by atoms with van der Waals surface area (Å²) in [4.78, 5) is 64.9. The largest absolute Gasteiger partial charge is 0.462 e. The maximum Gasteiger partial charge on any atom is 0.342 e. The standard InChI is InChI=1S/C34H27Cl2NO10/c1-2-43-34(42)25-23(18-38)37(29(36)26(25)35)30-28(47-33(41)22-16-10-5-11-17-22)27(46-32(40)21-14-8-4-9-15-21)24(45-30)19-44-31(39)20-12-6-3-7-13-20/h3-18,24,27-28,30H,2,19H2,1H3/t24-,27-,28-,30-/m1/s1. The lowest BCUT2D eigenvalue weighted by atomic mass is 10.1. The maximum absolute atomic E-state index is 13.4. The lowest BCUT2D eigenvalue weighted by Gasteiger charge is -2.25. The molecular formula is C34H27Cl2NO10. The van der Waals surface area contributed by atoms with Gasteiger partial charge < -0.3 is 23.7 Å². The molecule has 242 valence electrons. The number of nitrogens with zero attached hydrogens (tertiary/aromatic N) is 1. The van der Waals surface area contributed by atoms with E-state index in [1.807, 2.05) is 0 Å². The minimum Gasteiger partial charge on any atom is -0.462 e. The van der Waals surface area contributed by atoms with Crippen LogP contribution in [0, 0.1) is 0 Å². The van der Waals surface area contributed by atoms with Crippen LogP contribution in [-0.4, -0.2) is 66.3 Å². The van der Waals surface area contributed by atoms with E-state index in [0.717, 1.165) is 4.57 Å².